The molecule has 1 heterocycles. The first-order valence-corrected chi connectivity index (χ1v) is 9.94. The number of nitrogens with one attached hydrogen (secondary N) is 1. The van der Waals surface area contributed by atoms with Crippen LogP contribution in [0.3, 0.4) is 0 Å². The summed E-state index contributed by atoms with van der Waals surface area (Å²) in [6, 6.07) is 13.0. The Balaban J connectivity index is 2.01. The van der Waals surface area contributed by atoms with Gasteiger partial charge in [0.25, 0.3) is 5.91 Å². The number of hydrogen-bond donors (Lipinski definition) is 4. The summed E-state index contributed by atoms with van der Waals surface area (Å²) in [5.41, 5.74) is 7.00. The molecule has 2 aliphatic rings. The smallest absolute Gasteiger partial charge is 0.336 e. The van der Waals surface area contributed by atoms with Gasteiger partial charge in [-0.15, -0.1) is 0 Å². The number of carboxylic acids is 1. The molecule has 0 fully saturated rings. The third-order valence-electron chi connectivity index (χ3n) is 5.12. The van der Waals surface area contributed by atoms with Crippen LogP contribution in [0.4, 0.5) is 0 Å². The molecule has 2 aromatic rings. The Kier molecular flexibility index (Phi) is 5.61. The second-order valence-corrected chi connectivity index (χ2v) is 7.28. The van der Waals surface area contributed by atoms with Crippen molar-refractivity contribution in [2.24, 2.45) is 5.73 Å². The molecule has 0 unspecified atom stereocenters. The lowest BCUT2D eigenvalue weighted by Gasteiger charge is -2.17. The van der Waals surface area contributed by atoms with E-state index < -0.39 is 5.97 Å². The predicted octanol–water partition coefficient (Wildman–Crippen LogP) is 3.05. The van der Waals surface area contributed by atoms with Gasteiger partial charge in [0, 0.05) is 40.8 Å². The summed E-state index contributed by atoms with van der Waals surface area (Å²) in [4.78, 5) is 36.6. The van der Waals surface area contributed by atoms with Gasteiger partial charge in [-0.3, -0.25) is 9.59 Å². The van der Waals surface area contributed by atoms with Gasteiger partial charge in [0.2, 0.25) is 0 Å². The van der Waals surface area contributed by atoms with E-state index in [1.165, 1.54) is 42.5 Å². The Labute approximate surface area is 182 Å². The topological polar surface area (TPSA) is 143 Å². The molecule has 0 saturated carbocycles. The Bertz CT molecular complexity index is 1370. The van der Waals surface area contributed by atoms with Crippen molar-refractivity contribution in [2.45, 2.75) is 6.42 Å². The Morgan fingerprint density at radius 1 is 1.00 bits per heavy atom. The number of benzene rings is 3. The second-order valence-electron chi connectivity index (χ2n) is 7.28. The number of aromatic hydroxyl groups is 1. The fourth-order valence-corrected chi connectivity index (χ4v) is 3.63. The molecule has 0 radical (unpaired) electrons. The molecule has 0 saturated heterocycles. The van der Waals surface area contributed by atoms with Gasteiger partial charge in [0.15, 0.2) is 5.43 Å². The van der Waals surface area contributed by atoms with Crippen LogP contribution in [-0.2, 0) is 0 Å². The quantitative estimate of drug-likeness (QED) is 0.271. The van der Waals surface area contributed by atoms with Gasteiger partial charge < -0.3 is 25.7 Å². The van der Waals surface area contributed by atoms with Crippen LogP contribution in [-0.4, -0.2) is 35.2 Å². The number of carbonyl (C=O) groups is 2. The fraction of sp³-hybridized carbons (Fsp3) is 0.125. The standard InChI is InChI=1S/C24H20N2O6/c25-8-1-9-26-23(29)13-2-5-16(24(30)31)19(10-13)22-17-6-3-14(27)11-20(17)32-21-12-15(28)4-7-18(21)22/h2-7,10-12,27H,1,8-9,25H2,(H,26,29)(H,30,31). The first-order chi connectivity index (χ1) is 15.4. The number of nitrogens with two attached hydrogens (primary N) is 1. The van der Waals surface area contributed by atoms with Crippen LogP contribution in [0, 0.1) is 0 Å². The molecule has 0 aromatic heterocycles. The molecule has 1 aliphatic carbocycles. The van der Waals surface area contributed by atoms with Gasteiger partial charge in [-0.05, 0) is 61.0 Å². The summed E-state index contributed by atoms with van der Waals surface area (Å²) >= 11 is 0. The van der Waals surface area contributed by atoms with Crippen LogP contribution >= 0.6 is 0 Å². The molecule has 0 bridgehead atoms. The molecule has 8 nitrogen and oxygen atoms in total. The second kappa shape index (κ2) is 8.52. The van der Waals surface area contributed by atoms with Crippen LogP contribution in [0.2, 0.25) is 0 Å². The maximum atomic E-state index is 12.6. The zero-order chi connectivity index (χ0) is 22.8. The van der Waals surface area contributed by atoms with E-state index in [-0.39, 0.29) is 39.6 Å². The molecule has 1 aliphatic heterocycles. The molecule has 0 atom stereocenters. The molecular formula is C24H20N2O6. The van der Waals surface area contributed by atoms with Crippen LogP contribution < -0.4 is 16.5 Å². The number of fused-ring (bicyclic) bond motifs is 2. The number of aromatic carboxylic acids is 1. The first-order valence-electron chi connectivity index (χ1n) is 9.94. The number of hydrogen-bond acceptors (Lipinski definition) is 6. The number of amides is 1. The van der Waals surface area contributed by atoms with E-state index in [2.05, 4.69) is 5.32 Å². The summed E-state index contributed by atoms with van der Waals surface area (Å²) in [5.74, 6) is -1.34. The summed E-state index contributed by atoms with van der Waals surface area (Å²) in [6.45, 7) is 0.830. The van der Waals surface area contributed by atoms with Crippen molar-refractivity contribution in [3.8, 4) is 28.2 Å². The monoisotopic (exact) mass is 432 g/mol. The highest BCUT2D eigenvalue weighted by molar-refractivity contribution is 6.09. The molecule has 4 rings (SSSR count). The van der Waals surface area contributed by atoms with Crippen molar-refractivity contribution < 1.29 is 24.2 Å². The maximum Gasteiger partial charge on any atom is 0.336 e. The van der Waals surface area contributed by atoms with Crippen molar-refractivity contribution in [1.29, 1.82) is 0 Å². The number of phenols is 1. The van der Waals surface area contributed by atoms with E-state index in [1.54, 1.807) is 12.1 Å². The molecule has 0 spiro atoms. The van der Waals surface area contributed by atoms with Crippen LogP contribution in [0.5, 0.6) is 5.75 Å². The fourth-order valence-electron chi connectivity index (χ4n) is 3.63. The predicted molar refractivity (Wildman–Crippen MR) is 119 cm³/mol. The Morgan fingerprint density at radius 3 is 2.56 bits per heavy atom. The summed E-state index contributed by atoms with van der Waals surface area (Å²) in [5, 5.41) is 23.0. The highest BCUT2D eigenvalue weighted by atomic mass is 16.4. The highest BCUT2D eigenvalue weighted by Crippen LogP contribution is 2.42. The number of phenolic OH excluding ortho intramolecular Hbond substituents is 1. The van der Waals surface area contributed by atoms with E-state index in [0.717, 1.165) is 0 Å². The van der Waals surface area contributed by atoms with Crippen molar-refractivity contribution in [3.05, 3.63) is 75.9 Å². The van der Waals surface area contributed by atoms with Crippen LogP contribution in [0.1, 0.15) is 27.1 Å². The third-order valence-corrected chi connectivity index (χ3v) is 5.12. The van der Waals surface area contributed by atoms with Crippen molar-refractivity contribution in [3.63, 3.8) is 0 Å². The van der Waals surface area contributed by atoms with Crippen LogP contribution in [0.15, 0.2) is 63.8 Å². The summed E-state index contributed by atoms with van der Waals surface area (Å²) < 4.78 is 5.81. The molecular weight excluding hydrogens is 412 g/mol. The highest BCUT2D eigenvalue weighted by Gasteiger charge is 2.23. The zero-order valence-electron chi connectivity index (χ0n) is 16.9. The minimum atomic E-state index is -1.17. The Hall–Kier alpha value is -4.17. The van der Waals surface area contributed by atoms with E-state index in [1.807, 2.05) is 0 Å². The molecule has 1 amide bonds. The lowest BCUT2D eigenvalue weighted by Crippen LogP contribution is -2.26. The van der Waals surface area contributed by atoms with Crippen LogP contribution in [0.25, 0.3) is 33.4 Å². The van der Waals surface area contributed by atoms with Crippen molar-refractivity contribution >= 4 is 22.8 Å². The van der Waals surface area contributed by atoms with Gasteiger partial charge in [0.1, 0.15) is 17.1 Å². The molecule has 32 heavy (non-hydrogen) atoms. The van der Waals surface area contributed by atoms with Gasteiger partial charge >= 0.3 is 5.97 Å². The van der Waals surface area contributed by atoms with Gasteiger partial charge in [-0.25, -0.2) is 4.79 Å². The average Bonchev–Trinajstić information content (AvgIpc) is 2.76. The minimum Gasteiger partial charge on any atom is -0.508 e. The first kappa shape index (κ1) is 21.1. The summed E-state index contributed by atoms with van der Waals surface area (Å²) in [6.07, 6.45) is 0.613. The van der Waals surface area contributed by atoms with E-state index in [9.17, 15) is 24.6 Å². The maximum absolute atomic E-state index is 12.6. The number of rotatable bonds is 6. The normalized spacial score (nSPS) is 11.0. The largest absolute Gasteiger partial charge is 0.508 e. The van der Waals surface area contributed by atoms with E-state index in [0.29, 0.717) is 41.6 Å². The molecule has 2 aromatic carbocycles. The number of carboxylic acid groups (broad SMARTS) is 1. The Morgan fingerprint density at radius 2 is 1.81 bits per heavy atom. The zero-order valence-corrected chi connectivity index (χ0v) is 16.9. The molecule has 8 heteroatoms. The third kappa shape index (κ3) is 3.91. The number of carbonyl (C=O) groups excluding carboxylic acids is 1. The van der Waals surface area contributed by atoms with Gasteiger partial charge in [-0.1, -0.05) is 0 Å². The van der Waals surface area contributed by atoms with Gasteiger partial charge in [-0.2, -0.15) is 0 Å². The van der Waals surface area contributed by atoms with Crippen molar-refractivity contribution in [1.82, 2.24) is 5.32 Å². The lowest BCUT2D eigenvalue weighted by molar-refractivity contribution is 0.0697. The lowest BCUT2D eigenvalue weighted by atomic mass is 9.89. The minimum absolute atomic E-state index is 0.0171. The van der Waals surface area contributed by atoms with Crippen molar-refractivity contribution in [2.75, 3.05) is 13.1 Å². The molecule has 162 valence electrons. The van der Waals surface area contributed by atoms with E-state index >= 15 is 0 Å². The van der Waals surface area contributed by atoms with E-state index in [4.69, 9.17) is 10.2 Å². The SMILES string of the molecule is NCCCNC(=O)c1ccc(C(=O)O)c(-c2c3ccc(=O)cc-3oc3cc(O)ccc23)c1. The molecule has 5 N–H and O–H groups in total. The summed E-state index contributed by atoms with van der Waals surface area (Å²) in [7, 11) is 0. The average molecular weight is 432 g/mol. The van der Waals surface area contributed by atoms with Gasteiger partial charge in [0.05, 0.1) is 5.56 Å².